The fourth-order valence-corrected chi connectivity index (χ4v) is 2.07. The van der Waals surface area contributed by atoms with Crippen molar-refractivity contribution in [3.8, 4) is 11.5 Å². The van der Waals surface area contributed by atoms with Crippen LogP contribution in [0.2, 0.25) is 0 Å². The van der Waals surface area contributed by atoms with Crippen molar-refractivity contribution >= 4 is 5.97 Å². The summed E-state index contributed by atoms with van der Waals surface area (Å²) in [6.07, 6.45) is 1.05. The van der Waals surface area contributed by atoms with Crippen molar-refractivity contribution in [3.63, 3.8) is 0 Å². The summed E-state index contributed by atoms with van der Waals surface area (Å²) in [5, 5.41) is 0. The van der Waals surface area contributed by atoms with Crippen molar-refractivity contribution in [1.82, 2.24) is 0 Å². The molecule has 0 aromatic heterocycles. The Labute approximate surface area is 131 Å². The molecule has 2 rings (SSSR count). The van der Waals surface area contributed by atoms with Crippen LogP contribution in [0.15, 0.2) is 48.5 Å². The fraction of sp³-hybridized carbons (Fsp3) is 0.316. The van der Waals surface area contributed by atoms with Crippen LogP contribution < -0.4 is 9.47 Å². The van der Waals surface area contributed by atoms with Gasteiger partial charge in [-0.15, -0.1) is 0 Å². The van der Waals surface area contributed by atoms with Crippen molar-refractivity contribution in [3.05, 3.63) is 59.7 Å². The maximum atomic E-state index is 12.1. The minimum Gasteiger partial charge on any atom is -0.497 e. The molecule has 2 aromatic carbocycles. The van der Waals surface area contributed by atoms with E-state index in [1.54, 1.807) is 31.4 Å². The van der Waals surface area contributed by atoms with Crippen molar-refractivity contribution in [2.75, 3.05) is 7.11 Å². The number of benzene rings is 2. The van der Waals surface area contributed by atoms with E-state index in [0.717, 1.165) is 6.42 Å². The number of carbonyl (C=O) groups is 1. The number of hydrogen-bond donors (Lipinski definition) is 0. The van der Waals surface area contributed by atoms with Gasteiger partial charge >= 0.3 is 5.97 Å². The molecule has 0 heterocycles. The predicted octanol–water partition coefficient (Wildman–Crippen LogP) is 4.60. The third-order valence-corrected chi connectivity index (χ3v) is 4.06. The van der Waals surface area contributed by atoms with Gasteiger partial charge in [-0.25, -0.2) is 4.79 Å². The zero-order valence-corrected chi connectivity index (χ0v) is 13.6. The van der Waals surface area contributed by atoms with Crippen LogP contribution in [0.4, 0.5) is 0 Å². The summed E-state index contributed by atoms with van der Waals surface area (Å²) in [6.45, 7) is 6.56. The first-order valence-corrected chi connectivity index (χ1v) is 7.43. The summed E-state index contributed by atoms with van der Waals surface area (Å²) in [5.41, 5.74) is 1.86. The highest BCUT2D eigenvalue weighted by atomic mass is 16.5. The van der Waals surface area contributed by atoms with Gasteiger partial charge in [-0.1, -0.05) is 32.9 Å². The number of carbonyl (C=O) groups excluding carboxylic acids is 1. The lowest BCUT2D eigenvalue weighted by atomic mass is 9.82. The maximum absolute atomic E-state index is 12.1. The van der Waals surface area contributed by atoms with Gasteiger partial charge in [-0.3, -0.25) is 0 Å². The van der Waals surface area contributed by atoms with Gasteiger partial charge in [-0.05, 0) is 53.8 Å². The zero-order valence-electron chi connectivity index (χ0n) is 13.6. The van der Waals surface area contributed by atoms with Crippen LogP contribution in [0, 0.1) is 0 Å². The highest BCUT2D eigenvalue weighted by Gasteiger charge is 2.18. The predicted molar refractivity (Wildman–Crippen MR) is 87.7 cm³/mol. The minimum atomic E-state index is -0.370. The van der Waals surface area contributed by atoms with Gasteiger partial charge in [0, 0.05) is 0 Å². The van der Waals surface area contributed by atoms with E-state index in [-0.39, 0.29) is 11.4 Å². The van der Waals surface area contributed by atoms with E-state index in [0.29, 0.717) is 17.1 Å². The first kappa shape index (κ1) is 16.1. The number of esters is 1. The van der Waals surface area contributed by atoms with Crippen LogP contribution in [-0.2, 0) is 5.41 Å². The van der Waals surface area contributed by atoms with E-state index in [4.69, 9.17) is 9.47 Å². The molecule has 0 fully saturated rings. The molecular formula is C19H22O3. The van der Waals surface area contributed by atoms with E-state index < -0.39 is 0 Å². The van der Waals surface area contributed by atoms with Crippen LogP contribution in [0.3, 0.4) is 0 Å². The second-order valence-electron chi connectivity index (χ2n) is 5.88. The van der Waals surface area contributed by atoms with Crippen LogP contribution in [0.1, 0.15) is 43.1 Å². The Kier molecular flexibility index (Phi) is 4.86. The number of ether oxygens (including phenoxy) is 2. The molecule has 0 spiro atoms. The summed E-state index contributed by atoms with van der Waals surface area (Å²) in [4.78, 5) is 12.1. The molecule has 2 aromatic rings. The third-order valence-electron chi connectivity index (χ3n) is 4.06. The summed E-state index contributed by atoms with van der Waals surface area (Å²) >= 11 is 0. The van der Waals surface area contributed by atoms with E-state index in [1.807, 2.05) is 24.3 Å². The second kappa shape index (κ2) is 6.65. The minimum absolute atomic E-state index is 0.124. The van der Waals surface area contributed by atoms with Gasteiger partial charge in [0.2, 0.25) is 0 Å². The summed E-state index contributed by atoms with van der Waals surface area (Å²) in [6, 6.07) is 14.6. The lowest BCUT2D eigenvalue weighted by Gasteiger charge is -2.23. The Balaban J connectivity index is 2.08. The lowest BCUT2D eigenvalue weighted by Crippen LogP contribution is -2.15. The van der Waals surface area contributed by atoms with Gasteiger partial charge in [-0.2, -0.15) is 0 Å². The highest BCUT2D eigenvalue weighted by Crippen LogP contribution is 2.28. The molecule has 3 nitrogen and oxygen atoms in total. The smallest absolute Gasteiger partial charge is 0.343 e. The molecule has 22 heavy (non-hydrogen) atoms. The number of methoxy groups -OCH3 is 1. The molecule has 0 aliphatic heterocycles. The molecule has 0 saturated heterocycles. The highest BCUT2D eigenvalue weighted by molar-refractivity contribution is 5.91. The van der Waals surface area contributed by atoms with Crippen LogP contribution in [0.5, 0.6) is 11.5 Å². The van der Waals surface area contributed by atoms with Crippen LogP contribution in [-0.4, -0.2) is 13.1 Å². The molecule has 0 amide bonds. The number of rotatable bonds is 5. The third kappa shape index (κ3) is 3.67. The average Bonchev–Trinajstić information content (AvgIpc) is 2.55. The van der Waals surface area contributed by atoms with E-state index >= 15 is 0 Å². The first-order chi connectivity index (χ1) is 10.5. The Bertz CT molecular complexity index is 625. The second-order valence-corrected chi connectivity index (χ2v) is 5.88. The maximum Gasteiger partial charge on any atom is 0.343 e. The van der Waals surface area contributed by atoms with E-state index in [9.17, 15) is 4.79 Å². The largest absolute Gasteiger partial charge is 0.497 e. The Morgan fingerprint density at radius 1 is 0.955 bits per heavy atom. The first-order valence-electron chi connectivity index (χ1n) is 7.43. The van der Waals surface area contributed by atoms with E-state index in [1.165, 1.54) is 5.56 Å². The molecule has 0 aliphatic rings. The molecule has 0 N–H and O–H groups in total. The van der Waals surface area contributed by atoms with Gasteiger partial charge in [0.15, 0.2) is 0 Å². The van der Waals surface area contributed by atoms with Gasteiger partial charge in [0.25, 0.3) is 0 Å². The number of hydrogen-bond acceptors (Lipinski definition) is 3. The van der Waals surface area contributed by atoms with Gasteiger partial charge in [0.05, 0.1) is 12.7 Å². The standard InChI is InChI=1S/C19H22O3/c1-5-19(2,3)15-8-12-17(13-9-15)22-18(20)14-6-10-16(21-4)11-7-14/h6-13H,5H2,1-4H3. The van der Waals surface area contributed by atoms with Gasteiger partial charge < -0.3 is 9.47 Å². The lowest BCUT2D eigenvalue weighted by molar-refractivity contribution is 0.0734. The molecule has 0 unspecified atom stereocenters. The van der Waals surface area contributed by atoms with Crippen molar-refractivity contribution in [1.29, 1.82) is 0 Å². The summed E-state index contributed by atoms with van der Waals surface area (Å²) in [5.74, 6) is 0.893. The summed E-state index contributed by atoms with van der Waals surface area (Å²) in [7, 11) is 1.59. The van der Waals surface area contributed by atoms with E-state index in [2.05, 4.69) is 20.8 Å². The monoisotopic (exact) mass is 298 g/mol. The van der Waals surface area contributed by atoms with Crippen molar-refractivity contribution < 1.29 is 14.3 Å². The molecule has 3 heteroatoms. The SMILES string of the molecule is CCC(C)(C)c1ccc(OC(=O)c2ccc(OC)cc2)cc1. The van der Waals surface area contributed by atoms with Crippen LogP contribution >= 0.6 is 0 Å². The Hall–Kier alpha value is -2.29. The molecule has 0 radical (unpaired) electrons. The quantitative estimate of drug-likeness (QED) is 0.597. The van der Waals surface area contributed by atoms with Gasteiger partial charge in [0.1, 0.15) is 11.5 Å². The topological polar surface area (TPSA) is 35.5 Å². The molecule has 0 bridgehead atoms. The molecule has 0 saturated carbocycles. The van der Waals surface area contributed by atoms with Crippen LogP contribution in [0.25, 0.3) is 0 Å². The van der Waals surface area contributed by atoms with Crippen molar-refractivity contribution in [2.45, 2.75) is 32.6 Å². The molecule has 0 aliphatic carbocycles. The normalized spacial score (nSPS) is 11.1. The Morgan fingerprint density at radius 3 is 2.00 bits per heavy atom. The average molecular weight is 298 g/mol. The molecule has 116 valence electrons. The molecular weight excluding hydrogens is 276 g/mol. The fourth-order valence-electron chi connectivity index (χ4n) is 2.07. The van der Waals surface area contributed by atoms with Crippen molar-refractivity contribution in [2.24, 2.45) is 0 Å². The zero-order chi connectivity index (χ0) is 16.2. The Morgan fingerprint density at radius 2 is 1.50 bits per heavy atom. The summed E-state index contributed by atoms with van der Waals surface area (Å²) < 4.78 is 10.5. The molecule has 0 atom stereocenters.